The number of aromatic nitrogens is 2. The number of nitrogens with zero attached hydrogens (tertiary/aromatic N) is 3. The van der Waals surface area contributed by atoms with Gasteiger partial charge in [0.25, 0.3) is 0 Å². The van der Waals surface area contributed by atoms with E-state index in [1.807, 2.05) is 6.92 Å². The van der Waals surface area contributed by atoms with E-state index in [0.29, 0.717) is 30.0 Å². The van der Waals surface area contributed by atoms with Crippen LogP contribution < -0.4 is 0 Å². The molecular weight excluding hydrogens is 391 g/mol. The van der Waals surface area contributed by atoms with Gasteiger partial charge in [0, 0.05) is 19.5 Å². The summed E-state index contributed by atoms with van der Waals surface area (Å²) in [5.74, 6) is -0.665. The zero-order valence-electron chi connectivity index (χ0n) is 15.6. The summed E-state index contributed by atoms with van der Waals surface area (Å²) in [6.07, 6.45) is -4.59. The van der Waals surface area contributed by atoms with Crippen molar-refractivity contribution in [2.45, 2.75) is 44.9 Å². The monoisotopic (exact) mass is 411 g/mol. The van der Waals surface area contributed by atoms with E-state index in [4.69, 9.17) is 0 Å². The van der Waals surface area contributed by atoms with Crippen LogP contribution in [0.4, 0.5) is 18.0 Å². The molecule has 0 bridgehead atoms. The zero-order chi connectivity index (χ0) is 21.3. The van der Waals surface area contributed by atoms with E-state index in [2.05, 4.69) is 4.98 Å². The van der Waals surface area contributed by atoms with Crippen molar-refractivity contribution in [2.75, 3.05) is 6.54 Å². The fourth-order valence-electron chi connectivity index (χ4n) is 3.72. The van der Waals surface area contributed by atoms with E-state index < -0.39 is 29.8 Å². The average molecular weight is 411 g/mol. The predicted molar refractivity (Wildman–Crippen MR) is 95.8 cm³/mol. The van der Waals surface area contributed by atoms with E-state index in [1.165, 1.54) is 17.0 Å². The van der Waals surface area contributed by atoms with Crippen molar-refractivity contribution >= 4 is 12.1 Å². The first-order chi connectivity index (χ1) is 13.6. The van der Waals surface area contributed by atoms with Crippen molar-refractivity contribution < 1.29 is 33.0 Å². The highest BCUT2D eigenvalue weighted by molar-refractivity contribution is 5.87. The number of hydrogen-bond donors (Lipinski definition) is 2. The third-order valence-corrected chi connectivity index (χ3v) is 5.09. The van der Waals surface area contributed by atoms with Crippen LogP contribution in [0.15, 0.2) is 24.3 Å². The van der Waals surface area contributed by atoms with Gasteiger partial charge in [0.15, 0.2) is 5.69 Å². The summed E-state index contributed by atoms with van der Waals surface area (Å²) >= 11 is 0. The van der Waals surface area contributed by atoms with Crippen LogP contribution in [0.3, 0.4) is 0 Å². The number of fused-ring (bicyclic) bond motifs is 1. The molecule has 2 heterocycles. The fourth-order valence-corrected chi connectivity index (χ4v) is 3.72. The maximum absolute atomic E-state index is 12.7. The Kier molecular flexibility index (Phi) is 5.54. The van der Waals surface area contributed by atoms with E-state index in [9.17, 15) is 33.0 Å². The second kappa shape index (κ2) is 7.76. The van der Waals surface area contributed by atoms with Gasteiger partial charge in [0.2, 0.25) is 0 Å². The SMILES string of the molecule is CCc1nc(C(=O)O)c2n1CCN(C(=O)O)C2CCc1ccc(C(F)(F)F)cc1. The summed E-state index contributed by atoms with van der Waals surface area (Å²) < 4.78 is 39.9. The molecule has 1 aromatic carbocycles. The Labute approximate surface area is 164 Å². The first-order valence-corrected chi connectivity index (χ1v) is 9.11. The molecule has 0 fully saturated rings. The Morgan fingerprint density at radius 1 is 1.17 bits per heavy atom. The summed E-state index contributed by atoms with van der Waals surface area (Å²) in [5, 5.41) is 19.1. The molecule has 1 aromatic heterocycles. The Bertz CT molecular complexity index is 922. The number of hydrogen-bond acceptors (Lipinski definition) is 3. The normalized spacial score (nSPS) is 16.6. The molecule has 0 radical (unpaired) electrons. The minimum Gasteiger partial charge on any atom is -0.476 e. The molecule has 10 heteroatoms. The number of imidazole rings is 1. The van der Waals surface area contributed by atoms with Crippen LogP contribution in [0, 0.1) is 0 Å². The van der Waals surface area contributed by atoms with Gasteiger partial charge in [0.1, 0.15) is 5.82 Å². The highest BCUT2D eigenvalue weighted by Crippen LogP contribution is 2.34. The lowest BCUT2D eigenvalue weighted by Gasteiger charge is -2.35. The van der Waals surface area contributed by atoms with Crippen LogP contribution in [0.5, 0.6) is 0 Å². The summed E-state index contributed by atoms with van der Waals surface area (Å²) in [6.45, 7) is 2.33. The summed E-state index contributed by atoms with van der Waals surface area (Å²) in [7, 11) is 0. The molecule has 0 spiro atoms. The number of carbonyl (C=O) groups is 2. The molecule has 1 atom stereocenters. The first-order valence-electron chi connectivity index (χ1n) is 9.11. The Morgan fingerprint density at radius 2 is 1.83 bits per heavy atom. The molecule has 2 aromatic rings. The van der Waals surface area contributed by atoms with Crippen LogP contribution in [0.1, 0.15) is 52.5 Å². The lowest BCUT2D eigenvalue weighted by Crippen LogP contribution is -2.42. The van der Waals surface area contributed by atoms with Crippen molar-refractivity contribution in [3.63, 3.8) is 0 Å². The van der Waals surface area contributed by atoms with Crippen LogP contribution in [-0.4, -0.2) is 43.3 Å². The topological polar surface area (TPSA) is 95.7 Å². The van der Waals surface area contributed by atoms with Gasteiger partial charge in [-0.1, -0.05) is 19.1 Å². The molecule has 1 aliphatic heterocycles. The molecule has 7 nitrogen and oxygen atoms in total. The Balaban J connectivity index is 1.91. The van der Waals surface area contributed by atoms with Crippen LogP contribution in [0.25, 0.3) is 0 Å². The van der Waals surface area contributed by atoms with Gasteiger partial charge in [-0.15, -0.1) is 0 Å². The fraction of sp³-hybridized carbons (Fsp3) is 0.421. The smallest absolute Gasteiger partial charge is 0.416 e. The van der Waals surface area contributed by atoms with Crippen LogP contribution in [0.2, 0.25) is 0 Å². The number of aromatic carboxylic acids is 1. The third-order valence-electron chi connectivity index (χ3n) is 5.09. The van der Waals surface area contributed by atoms with Crippen molar-refractivity contribution in [3.8, 4) is 0 Å². The van der Waals surface area contributed by atoms with E-state index in [-0.39, 0.29) is 25.1 Å². The number of carboxylic acid groups (broad SMARTS) is 2. The lowest BCUT2D eigenvalue weighted by molar-refractivity contribution is -0.137. The molecule has 156 valence electrons. The zero-order valence-corrected chi connectivity index (χ0v) is 15.6. The van der Waals surface area contributed by atoms with Crippen LogP contribution in [-0.2, 0) is 25.6 Å². The molecule has 1 amide bonds. The van der Waals surface area contributed by atoms with Gasteiger partial charge < -0.3 is 14.8 Å². The maximum Gasteiger partial charge on any atom is 0.416 e. The highest BCUT2D eigenvalue weighted by atomic mass is 19.4. The number of carboxylic acids is 1. The number of halogens is 3. The Hall–Kier alpha value is -3.04. The molecule has 0 aliphatic carbocycles. The number of rotatable bonds is 5. The molecule has 1 unspecified atom stereocenters. The maximum atomic E-state index is 12.7. The average Bonchev–Trinajstić information content (AvgIpc) is 3.05. The quantitative estimate of drug-likeness (QED) is 0.780. The molecule has 1 aliphatic rings. The highest BCUT2D eigenvalue weighted by Gasteiger charge is 2.37. The second-order valence-electron chi connectivity index (χ2n) is 6.80. The molecular formula is C19H20F3N3O4. The largest absolute Gasteiger partial charge is 0.476 e. The van der Waals surface area contributed by atoms with Gasteiger partial charge in [0.05, 0.1) is 17.3 Å². The van der Waals surface area contributed by atoms with Gasteiger partial charge in [-0.25, -0.2) is 14.6 Å². The summed E-state index contributed by atoms with van der Waals surface area (Å²) in [4.78, 5) is 28.7. The number of benzene rings is 1. The lowest BCUT2D eigenvalue weighted by atomic mass is 9.98. The van der Waals surface area contributed by atoms with Crippen molar-refractivity contribution in [2.24, 2.45) is 0 Å². The van der Waals surface area contributed by atoms with E-state index in [0.717, 1.165) is 12.1 Å². The number of alkyl halides is 3. The minimum atomic E-state index is -4.43. The van der Waals surface area contributed by atoms with Crippen molar-refractivity contribution in [1.82, 2.24) is 14.5 Å². The van der Waals surface area contributed by atoms with Gasteiger partial charge >= 0.3 is 18.2 Å². The Morgan fingerprint density at radius 3 is 2.34 bits per heavy atom. The molecule has 2 N–H and O–H groups in total. The van der Waals surface area contributed by atoms with Gasteiger partial charge in [-0.3, -0.25) is 4.90 Å². The standard InChI is InChI=1S/C19H20F3N3O4/c1-2-14-23-15(17(26)27)16-13(24(18(28)29)9-10-25(14)16)8-5-11-3-6-12(7-4-11)19(20,21)22/h3-4,6-7,13H,2,5,8-10H2,1H3,(H,26,27)(H,28,29). The first kappa shape index (κ1) is 20.7. The van der Waals surface area contributed by atoms with Crippen LogP contribution >= 0.6 is 0 Å². The van der Waals surface area contributed by atoms with Gasteiger partial charge in [-0.05, 0) is 30.5 Å². The summed E-state index contributed by atoms with van der Waals surface area (Å²) in [6, 6.07) is 3.91. The summed E-state index contributed by atoms with van der Waals surface area (Å²) in [5.41, 5.74) is -0.00222. The predicted octanol–water partition coefficient (Wildman–Crippen LogP) is 3.83. The van der Waals surface area contributed by atoms with E-state index in [1.54, 1.807) is 4.57 Å². The molecule has 0 saturated carbocycles. The number of amides is 1. The molecule has 3 rings (SSSR count). The number of aryl methyl sites for hydroxylation is 2. The van der Waals surface area contributed by atoms with Gasteiger partial charge in [-0.2, -0.15) is 13.2 Å². The third kappa shape index (κ3) is 4.06. The minimum absolute atomic E-state index is 0.176. The second-order valence-corrected chi connectivity index (χ2v) is 6.80. The van der Waals surface area contributed by atoms with Crippen molar-refractivity contribution in [1.29, 1.82) is 0 Å². The molecule has 0 saturated heterocycles. The van der Waals surface area contributed by atoms with E-state index >= 15 is 0 Å². The van der Waals surface area contributed by atoms with Crippen molar-refractivity contribution in [3.05, 3.63) is 52.6 Å². The molecule has 29 heavy (non-hydrogen) atoms.